The quantitative estimate of drug-likeness (QED) is 0.853. The van der Waals surface area contributed by atoms with E-state index in [-0.39, 0.29) is 5.54 Å². The number of hydrogen-bond donors (Lipinski definition) is 2. The second kappa shape index (κ2) is 6.29. The molecule has 0 saturated carbocycles. The van der Waals surface area contributed by atoms with Crippen LogP contribution in [0.3, 0.4) is 0 Å². The zero-order valence-corrected chi connectivity index (χ0v) is 12.3. The van der Waals surface area contributed by atoms with Gasteiger partial charge in [-0.1, -0.05) is 6.92 Å². The predicted octanol–water partition coefficient (Wildman–Crippen LogP) is 3.42. The Bertz CT molecular complexity index is 380. The van der Waals surface area contributed by atoms with Crippen molar-refractivity contribution in [2.24, 2.45) is 0 Å². The Balaban J connectivity index is 1.90. The van der Waals surface area contributed by atoms with E-state index in [4.69, 9.17) is 4.74 Å². The first-order valence-corrected chi connectivity index (χ1v) is 7.35. The molecule has 0 amide bonds. The Morgan fingerprint density at radius 2 is 1.84 bits per heavy atom. The zero-order chi connectivity index (χ0) is 13.7. The first-order chi connectivity index (χ1) is 9.09. The average Bonchev–Trinajstić information content (AvgIpc) is 2.42. The standard InChI is InChI=1S/C16H26N2O/c1-4-16(2,3)18-13-5-7-14(8-6-13)19-15-9-11-17-12-10-15/h5-8,15,17-18H,4,9-12H2,1-3H3. The molecule has 1 aromatic carbocycles. The summed E-state index contributed by atoms with van der Waals surface area (Å²) < 4.78 is 6.00. The lowest BCUT2D eigenvalue weighted by molar-refractivity contribution is 0.162. The van der Waals surface area contributed by atoms with Gasteiger partial charge in [-0.3, -0.25) is 0 Å². The minimum Gasteiger partial charge on any atom is -0.490 e. The SMILES string of the molecule is CCC(C)(C)Nc1ccc(OC2CCNCC2)cc1. The molecule has 3 nitrogen and oxygen atoms in total. The Morgan fingerprint density at radius 3 is 2.42 bits per heavy atom. The van der Waals surface area contributed by atoms with Crippen LogP contribution in [0, 0.1) is 0 Å². The summed E-state index contributed by atoms with van der Waals surface area (Å²) in [4.78, 5) is 0. The van der Waals surface area contributed by atoms with E-state index in [0.717, 1.165) is 43.8 Å². The number of rotatable bonds is 5. The van der Waals surface area contributed by atoms with Gasteiger partial charge < -0.3 is 15.4 Å². The van der Waals surface area contributed by atoms with Gasteiger partial charge in [0.1, 0.15) is 11.9 Å². The van der Waals surface area contributed by atoms with Gasteiger partial charge in [0.2, 0.25) is 0 Å². The molecule has 0 unspecified atom stereocenters. The molecule has 0 aliphatic carbocycles. The van der Waals surface area contributed by atoms with Gasteiger partial charge >= 0.3 is 0 Å². The number of benzene rings is 1. The zero-order valence-electron chi connectivity index (χ0n) is 12.3. The second-order valence-corrected chi connectivity index (χ2v) is 5.95. The molecule has 0 radical (unpaired) electrons. The number of hydrogen-bond acceptors (Lipinski definition) is 3. The van der Waals surface area contributed by atoms with Crippen LogP contribution in [0.4, 0.5) is 5.69 Å². The summed E-state index contributed by atoms with van der Waals surface area (Å²) in [6, 6.07) is 8.34. The van der Waals surface area contributed by atoms with Crippen molar-refractivity contribution >= 4 is 5.69 Å². The van der Waals surface area contributed by atoms with Crippen molar-refractivity contribution in [2.75, 3.05) is 18.4 Å². The fourth-order valence-corrected chi connectivity index (χ4v) is 2.20. The first kappa shape index (κ1) is 14.2. The molecule has 1 aliphatic rings. The van der Waals surface area contributed by atoms with Crippen molar-refractivity contribution in [3.63, 3.8) is 0 Å². The van der Waals surface area contributed by atoms with Crippen LogP contribution in [0.25, 0.3) is 0 Å². The molecule has 3 heteroatoms. The third-order valence-electron chi connectivity index (χ3n) is 3.81. The van der Waals surface area contributed by atoms with Crippen molar-refractivity contribution in [3.05, 3.63) is 24.3 Å². The minimum atomic E-state index is 0.136. The third-order valence-corrected chi connectivity index (χ3v) is 3.81. The summed E-state index contributed by atoms with van der Waals surface area (Å²) in [5.74, 6) is 0.978. The number of ether oxygens (including phenoxy) is 1. The molecule has 0 atom stereocenters. The van der Waals surface area contributed by atoms with Crippen LogP contribution in [0.15, 0.2) is 24.3 Å². The molecule has 0 aromatic heterocycles. The van der Waals surface area contributed by atoms with Gasteiger partial charge in [-0.05, 0) is 70.5 Å². The van der Waals surface area contributed by atoms with E-state index in [9.17, 15) is 0 Å². The van der Waals surface area contributed by atoms with Crippen molar-refractivity contribution in [3.8, 4) is 5.75 Å². The van der Waals surface area contributed by atoms with Crippen molar-refractivity contribution < 1.29 is 4.74 Å². The molecule has 1 aliphatic heterocycles. The molecule has 2 rings (SSSR count). The van der Waals surface area contributed by atoms with Crippen LogP contribution < -0.4 is 15.4 Å². The smallest absolute Gasteiger partial charge is 0.119 e. The Kier molecular flexibility index (Phi) is 4.70. The minimum absolute atomic E-state index is 0.136. The van der Waals surface area contributed by atoms with Gasteiger partial charge in [0.25, 0.3) is 0 Å². The first-order valence-electron chi connectivity index (χ1n) is 7.35. The number of nitrogens with one attached hydrogen (secondary N) is 2. The Morgan fingerprint density at radius 1 is 1.21 bits per heavy atom. The van der Waals surface area contributed by atoms with Crippen LogP contribution in [0.5, 0.6) is 5.75 Å². The summed E-state index contributed by atoms with van der Waals surface area (Å²) in [6.07, 6.45) is 3.67. The fraction of sp³-hybridized carbons (Fsp3) is 0.625. The molecule has 1 heterocycles. The predicted molar refractivity (Wildman–Crippen MR) is 81.0 cm³/mol. The van der Waals surface area contributed by atoms with Crippen molar-refractivity contribution in [1.82, 2.24) is 5.32 Å². The number of anilines is 1. The topological polar surface area (TPSA) is 33.3 Å². The maximum atomic E-state index is 6.00. The van der Waals surface area contributed by atoms with Crippen molar-refractivity contribution in [1.29, 1.82) is 0 Å². The van der Waals surface area contributed by atoms with Crippen LogP contribution in [-0.4, -0.2) is 24.7 Å². The molecular formula is C16H26N2O. The summed E-state index contributed by atoms with van der Waals surface area (Å²) in [5, 5.41) is 6.89. The molecule has 19 heavy (non-hydrogen) atoms. The van der Waals surface area contributed by atoms with E-state index in [1.54, 1.807) is 0 Å². The molecule has 2 N–H and O–H groups in total. The van der Waals surface area contributed by atoms with Gasteiger partial charge in [0.05, 0.1) is 0 Å². The van der Waals surface area contributed by atoms with Crippen LogP contribution in [-0.2, 0) is 0 Å². The van der Waals surface area contributed by atoms with Gasteiger partial charge in [-0.25, -0.2) is 0 Å². The summed E-state index contributed by atoms with van der Waals surface area (Å²) in [7, 11) is 0. The largest absolute Gasteiger partial charge is 0.490 e. The van der Waals surface area contributed by atoms with Crippen LogP contribution >= 0.6 is 0 Å². The molecule has 1 saturated heterocycles. The molecule has 1 aromatic rings. The summed E-state index contributed by atoms with van der Waals surface area (Å²) >= 11 is 0. The van der Waals surface area contributed by atoms with Crippen molar-refractivity contribution in [2.45, 2.75) is 51.7 Å². The molecule has 0 spiro atoms. The normalized spacial score (nSPS) is 17.2. The lowest BCUT2D eigenvalue weighted by Gasteiger charge is -2.26. The van der Waals surface area contributed by atoms with Gasteiger partial charge in [-0.15, -0.1) is 0 Å². The lowest BCUT2D eigenvalue weighted by Crippen LogP contribution is -2.34. The molecule has 1 fully saturated rings. The highest BCUT2D eigenvalue weighted by Crippen LogP contribution is 2.22. The molecule has 0 bridgehead atoms. The summed E-state index contributed by atoms with van der Waals surface area (Å²) in [6.45, 7) is 8.75. The van der Waals surface area contributed by atoms with Crippen LogP contribution in [0.2, 0.25) is 0 Å². The highest BCUT2D eigenvalue weighted by molar-refractivity contribution is 5.48. The van der Waals surface area contributed by atoms with E-state index < -0.39 is 0 Å². The third kappa shape index (κ3) is 4.43. The fourth-order valence-electron chi connectivity index (χ4n) is 2.20. The highest BCUT2D eigenvalue weighted by atomic mass is 16.5. The van der Waals surface area contributed by atoms with E-state index in [1.807, 2.05) is 0 Å². The maximum absolute atomic E-state index is 6.00. The summed E-state index contributed by atoms with van der Waals surface area (Å²) in [5.41, 5.74) is 1.29. The van der Waals surface area contributed by atoms with E-state index in [0.29, 0.717) is 6.10 Å². The van der Waals surface area contributed by atoms with E-state index >= 15 is 0 Å². The maximum Gasteiger partial charge on any atom is 0.119 e. The van der Waals surface area contributed by atoms with Gasteiger partial charge in [0.15, 0.2) is 0 Å². The Labute approximate surface area is 116 Å². The Hall–Kier alpha value is -1.22. The number of piperidine rings is 1. The highest BCUT2D eigenvalue weighted by Gasteiger charge is 2.15. The monoisotopic (exact) mass is 262 g/mol. The second-order valence-electron chi connectivity index (χ2n) is 5.95. The molecular weight excluding hydrogens is 236 g/mol. The molecule has 106 valence electrons. The van der Waals surface area contributed by atoms with Gasteiger partial charge in [-0.2, -0.15) is 0 Å². The average molecular weight is 262 g/mol. The van der Waals surface area contributed by atoms with Crippen LogP contribution in [0.1, 0.15) is 40.0 Å². The van der Waals surface area contributed by atoms with E-state index in [1.165, 1.54) is 0 Å². The van der Waals surface area contributed by atoms with E-state index in [2.05, 4.69) is 55.7 Å². The van der Waals surface area contributed by atoms with Gasteiger partial charge in [0, 0.05) is 11.2 Å². The lowest BCUT2D eigenvalue weighted by atomic mass is 10.0.